The van der Waals surface area contributed by atoms with Crippen molar-refractivity contribution in [3.63, 3.8) is 0 Å². The average Bonchev–Trinajstić information content (AvgIpc) is 3.34. The fourth-order valence-electron chi connectivity index (χ4n) is 2.63. The summed E-state index contributed by atoms with van der Waals surface area (Å²) in [5.74, 6) is -1.04. The van der Waals surface area contributed by atoms with Crippen molar-refractivity contribution in [3.8, 4) is 0 Å². The van der Waals surface area contributed by atoms with Crippen LogP contribution in [0.3, 0.4) is 0 Å². The Morgan fingerprint density at radius 2 is 1.94 bits per heavy atom. The molecule has 0 unspecified atom stereocenters. The van der Waals surface area contributed by atoms with E-state index in [4.69, 9.17) is 27.6 Å². The molecule has 1 aromatic heterocycles. The number of furan rings is 1. The summed E-state index contributed by atoms with van der Waals surface area (Å²) < 4.78 is 4.95. The number of thioether (sulfide) groups is 1. The minimum Gasteiger partial charge on any atom is -0.459 e. The summed E-state index contributed by atoms with van der Waals surface area (Å²) in [6.45, 7) is 0.246. The Kier molecular flexibility index (Phi) is 7.78. The molecule has 2 aromatic rings. The number of benzene rings is 1. The van der Waals surface area contributed by atoms with Gasteiger partial charge in [-0.15, -0.1) is 0 Å². The molecule has 0 aliphatic carbocycles. The predicted octanol–water partition coefficient (Wildman–Crippen LogP) is 3.56. The van der Waals surface area contributed by atoms with Gasteiger partial charge in [0.2, 0.25) is 5.91 Å². The lowest BCUT2D eigenvalue weighted by molar-refractivity contribution is -0.124. The highest BCUT2D eigenvalue weighted by atomic mass is 35.5. The molecule has 8 nitrogen and oxygen atoms in total. The van der Waals surface area contributed by atoms with Crippen molar-refractivity contribution in [3.05, 3.63) is 62.9 Å². The summed E-state index contributed by atoms with van der Waals surface area (Å²) in [5, 5.41) is 5.57. The van der Waals surface area contributed by atoms with E-state index in [1.54, 1.807) is 24.3 Å². The van der Waals surface area contributed by atoms with Gasteiger partial charge in [-0.2, -0.15) is 0 Å². The van der Waals surface area contributed by atoms with Gasteiger partial charge in [0.25, 0.3) is 17.1 Å². The van der Waals surface area contributed by atoms with Crippen molar-refractivity contribution in [2.45, 2.75) is 6.42 Å². The number of halogens is 2. The lowest BCUT2D eigenvalue weighted by Gasteiger charge is -2.13. The SMILES string of the molecule is O=C(CCNC(=O)c1ccco1)NCCN1C(=O)S/C(=C\c2ccc(Cl)cc2Cl)C1=O. The Bertz CT molecular complexity index is 1040. The lowest BCUT2D eigenvalue weighted by Crippen LogP contribution is -2.38. The molecule has 0 spiro atoms. The van der Waals surface area contributed by atoms with Crippen molar-refractivity contribution < 1.29 is 23.6 Å². The Morgan fingerprint density at radius 3 is 2.65 bits per heavy atom. The number of amides is 4. The molecule has 31 heavy (non-hydrogen) atoms. The zero-order chi connectivity index (χ0) is 22.4. The van der Waals surface area contributed by atoms with Crippen molar-refractivity contribution >= 4 is 64.0 Å². The van der Waals surface area contributed by atoms with Gasteiger partial charge in [0.05, 0.1) is 11.2 Å². The first-order chi connectivity index (χ1) is 14.8. The van der Waals surface area contributed by atoms with Gasteiger partial charge in [-0.3, -0.25) is 24.1 Å². The molecule has 2 heterocycles. The molecular formula is C20H17Cl2N3O5S. The third kappa shape index (κ3) is 6.13. The maximum atomic E-state index is 12.5. The van der Waals surface area contributed by atoms with Gasteiger partial charge in [-0.25, -0.2) is 0 Å². The van der Waals surface area contributed by atoms with Crippen molar-refractivity contribution in [2.24, 2.45) is 0 Å². The summed E-state index contributed by atoms with van der Waals surface area (Å²) in [7, 11) is 0. The van der Waals surface area contributed by atoms with Crippen LogP contribution >= 0.6 is 35.0 Å². The second-order valence-electron chi connectivity index (χ2n) is 6.33. The summed E-state index contributed by atoms with van der Waals surface area (Å²) in [6.07, 6.45) is 2.96. The second kappa shape index (κ2) is 10.5. The van der Waals surface area contributed by atoms with E-state index in [0.29, 0.717) is 15.6 Å². The second-order valence-corrected chi connectivity index (χ2v) is 8.17. The monoisotopic (exact) mass is 481 g/mol. The standard InChI is InChI=1S/C20H17Cl2N3O5S/c21-13-4-3-12(14(22)11-13)10-16-19(28)25(20(29)31-16)8-7-23-17(26)5-6-24-18(27)15-2-1-9-30-15/h1-4,9-11H,5-8H2,(H,23,26)(H,24,27)/b16-10-. The number of nitrogens with zero attached hydrogens (tertiary/aromatic N) is 1. The van der Waals surface area contributed by atoms with E-state index in [0.717, 1.165) is 16.7 Å². The normalized spacial score (nSPS) is 14.9. The van der Waals surface area contributed by atoms with Crippen LogP contribution in [0.1, 0.15) is 22.5 Å². The summed E-state index contributed by atoms with van der Waals surface area (Å²) in [6, 6.07) is 7.94. The molecule has 162 valence electrons. The Hall–Kier alpha value is -2.75. The largest absolute Gasteiger partial charge is 0.459 e. The molecule has 1 aliphatic rings. The highest BCUT2D eigenvalue weighted by Crippen LogP contribution is 2.33. The average molecular weight is 482 g/mol. The fraction of sp³-hybridized carbons (Fsp3) is 0.200. The van der Waals surface area contributed by atoms with Gasteiger partial charge < -0.3 is 15.1 Å². The zero-order valence-corrected chi connectivity index (χ0v) is 18.4. The Morgan fingerprint density at radius 1 is 1.13 bits per heavy atom. The van der Waals surface area contributed by atoms with E-state index in [1.807, 2.05) is 0 Å². The molecular weight excluding hydrogens is 465 g/mol. The van der Waals surface area contributed by atoms with Crippen LogP contribution in [0.4, 0.5) is 4.79 Å². The van der Waals surface area contributed by atoms with E-state index in [2.05, 4.69) is 10.6 Å². The Labute approximate surface area is 191 Å². The summed E-state index contributed by atoms with van der Waals surface area (Å²) in [4.78, 5) is 49.6. The number of carbonyl (C=O) groups is 4. The molecule has 0 bridgehead atoms. The molecule has 0 saturated carbocycles. The van der Waals surface area contributed by atoms with E-state index in [-0.39, 0.29) is 42.6 Å². The summed E-state index contributed by atoms with van der Waals surface area (Å²) in [5.41, 5.74) is 0.571. The maximum Gasteiger partial charge on any atom is 0.293 e. The van der Waals surface area contributed by atoms with Crippen molar-refractivity contribution in [2.75, 3.05) is 19.6 Å². The van der Waals surface area contributed by atoms with E-state index >= 15 is 0 Å². The predicted molar refractivity (Wildman–Crippen MR) is 118 cm³/mol. The van der Waals surface area contributed by atoms with Gasteiger partial charge in [0.15, 0.2) is 5.76 Å². The number of rotatable bonds is 8. The highest BCUT2D eigenvalue weighted by Gasteiger charge is 2.34. The molecule has 0 radical (unpaired) electrons. The molecule has 1 aromatic carbocycles. The van der Waals surface area contributed by atoms with Crippen LogP contribution < -0.4 is 10.6 Å². The minimum atomic E-state index is -0.457. The van der Waals surface area contributed by atoms with Crippen LogP contribution in [-0.4, -0.2) is 47.5 Å². The van der Waals surface area contributed by atoms with Crippen LogP contribution in [0.15, 0.2) is 45.9 Å². The first-order valence-corrected chi connectivity index (χ1v) is 10.7. The van der Waals surface area contributed by atoms with Gasteiger partial charge in [-0.05, 0) is 47.7 Å². The van der Waals surface area contributed by atoms with Gasteiger partial charge in [0, 0.05) is 36.1 Å². The number of carbonyl (C=O) groups excluding carboxylic acids is 4. The number of imide groups is 1. The third-order valence-corrected chi connectivity index (χ3v) is 5.63. The van der Waals surface area contributed by atoms with Crippen LogP contribution in [-0.2, 0) is 9.59 Å². The van der Waals surface area contributed by atoms with Gasteiger partial charge in [0.1, 0.15) is 0 Å². The van der Waals surface area contributed by atoms with Crippen LogP contribution in [0, 0.1) is 0 Å². The van der Waals surface area contributed by atoms with E-state index < -0.39 is 17.1 Å². The van der Waals surface area contributed by atoms with Crippen molar-refractivity contribution in [1.82, 2.24) is 15.5 Å². The van der Waals surface area contributed by atoms with Gasteiger partial charge in [-0.1, -0.05) is 29.3 Å². The quantitative estimate of drug-likeness (QED) is 0.557. The Balaban J connectivity index is 1.44. The molecule has 1 aliphatic heterocycles. The minimum absolute atomic E-state index is 0.0286. The molecule has 11 heteroatoms. The molecule has 0 atom stereocenters. The smallest absolute Gasteiger partial charge is 0.293 e. The highest BCUT2D eigenvalue weighted by molar-refractivity contribution is 8.18. The number of hydrogen-bond acceptors (Lipinski definition) is 6. The van der Waals surface area contributed by atoms with E-state index in [9.17, 15) is 19.2 Å². The fourth-order valence-corrected chi connectivity index (χ4v) is 3.95. The van der Waals surface area contributed by atoms with Crippen LogP contribution in [0.5, 0.6) is 0 Å². The molecule has 2 N–H and O–H groups in total. The number of hydrogen-bond donors (Lipinski definition) is 2. The molecule has 1 saturated heterocycles. The molecule has 1 fully saturated rings. The van der Waals surface area contributed by atoms with Gasteiger partial charge >= 0.3 is 0 Å². The summed E-state index contributed by atoms with van der Waals surface area (Å²) >= 11 is 12.8. The lowest BCUT2D eigenvalue weighted by atomic mass is 10.2. The maximum absolute atomic E-state index is 12.5. The van der Waals surface area contributed by atoms with Crippen LogP contribution in [0.2, 0.25) is 10.0 Å². The van der Waals surface area contributed by atoms with Crippen molar-refractivity contribution in [1.29, 1.82) is 0 Å². The first-order valence-electron chi connectivity index (χ1n) is 9.14. The zero-order valence-electron chi connectivity index (χ0n) is 16.0. The number of nitrogens with one attached hydrogen (secondary N) is 2. The molecule has 4 amide bonds. The first kappa shape index (κ1) is 22.9. The van der Waals surface area contributed by atoms with E-state index in [1.165, 1.54) is 18.4 Å². The van der Waals surface area contributed by atoms with Crippen LogP contribution in [0.25, 0.3) is 6.08 Å². The third-order valence-electron chi connectivity index (χ3n) is 4.16. The molecule has 3 rings (SSSR count). The topological polar surface area (TPSA) is 109 Å².